The van der Waals surface area contributed by atoms with Gasteiger partial charge in [0.25, 0.3) is 11.6 Å². The zero-order valence-electron chi connectivity index (χ0n) is 10.9. The van der Waals surface area contributed by atoms with E-state index in [0.29, 0.717) is 5.56 Å². The van der Waals surface area contributed by atoms with E-state index >= 15 is 0 Å². The molecule has 7 nitrogen and oxygen atoms in total. The van der Waals surface area contributed by atoms with Crippen LogP contribution in [0.1, 0.15) is 15.9 Å². The molecular formula is C12H13BrN2O5. The maximum absolute atomic E-state index is 11.9. The second kappa shape index (κ2) is 6.99. The van der Waals surface area contributed by atoms with Crippen molar-refractivity contribution in [2.45, 2.75) is 11.8 Å². The average molecular weight is 345 g/mol. The van der Waals surface area contributed by atoms with Crippen LogP contribution < -0.4 is 5.32 Å². The summed E-state index contributed by atoms with van der Waals surface area (Å²) in [5.41, 5.74) is 0.111. The first kappa shape index (κ1) is 16.1. The number of amides is 1. The smallest absolute Gasteiger partial charge is 0.321 e. The number of rotatable bonds is 5. The van der Waals surface area contributed by atoms with E-state index in [1.165, 1.54) is 13.2 Å². The quantitative estimate of drug-likeness (QED) is 0.378. The lowest BCUT2D eigenvalue weighted by atomic mass is 10.1. The number of hydrogen-bond acceptors (Lipinski definition) is 5. The van der Waals surface area contributed by atoms with Crippen LogP contribution in [-0.4, -0.2) is 35.3 Å². The van der Waals surface area contributed by atoms with Crippen molar-refractivity contribution in [3.63, 3.8) is 0 Å². The molecule has 1 atom stereocenters. The Balaban J connectivity index is 2.86. The summed E-state index contributed by atoms with van der Waals surface area (Å²) in [6, 6.07) is 4.47. The van der Waals surface area contributed by atoms with E-state index in [-0.39, 0.29) is 17.8 Å². The van der Waals surface area contributed by atoms with E-state index in [2.05, 4.69) is 26.0 Å². The summed E-state index contributed by atoms with van der Waals surface area (Å²) in [5, 5.41) is 13.4. The molecule has 0 aliphatic carbocycles. The van der Waals surface area contributed by atoms with Crippen molar-refractivity contribution in [2.75, 3.05) is 13.7 Å². The third kappa shape index (κ3) is 3.77. The summed E-state index contributed by atoms with van der Waals surface area (Å²) >= 11 is 3.04. The number of hydrogen-bond donors (Lipinski definition) is 1. The summed E-state index contributed by atoms with van der Waals surface area (Å²) in [4.78, 5) is 32.8. The Labute approximate surface area is 123 Å². The van der Waals surface area contributed by atoms with E-state index in [9.17, 15) is 19.7 Å². The number of methoxy groups -OCH3 is 1. The van der Waals surface area contributed by atoms with Crippen LogP contribution in [0.2, 0.25) is 0 Å². The van der Waals surface area contributed by atoms with Crippen LogP contribution in [-0.2, 0) is 9.53 Å². The summed E-state index contributed by atoms with van der Waals surface area (Å²) < 4.78 is 4.49. The molecule has 108 valence electrons. The SMILES string of the molecule is COC(=O)C(Br)CNC(=O)c1cccc(C)c1[N+](=O)[O-]. The molecule has 1 aromatic carbocycles. The number of esters is 1. The Morgan fingerprint density at radius 1 is 1.50 bits per heavy atom. The number of carbonyl (C=O) groups excluding carboxylic acids is 2. The van der Waals surface area contributed by atoms with E-state index < -0.39 is 21.6 Å². The van der Waals surface area contributed by atoms with Crippen LogP contribution in [0.3, 0.4) is 0 Å². The van der Waals surface area contributed by atoms with Crippen molar-refractivity contribution in [3.8, 4) is 0 Å². The first-order valence-electron chi connectivity index (χ1n) is 5.62. The Bertz CT molecular complexity index is 547. The van der Waals surface area contributed by atoms with Crippen LogP contribution in [0.15, 0.2) is 18.2 Å². The van der Waals surface area contributed by atoms with Crippen LogP contribution in [0.4, 0.5) is 5.69 Å². The van der Waals surface area contributed by atoms with Crippen LogP contribution in [0.25, 0.3) is 0 Å². The number of aryl methyl sites for hydroxylation is 1. The minimum Gasteiger partial charge on any atom is -0.468 e. The van der Waals surface area contributed by atoms with Crippen LogP contribution >= 0.6 is 15.9 Å². The molecule has 1 aromatic rings. The molecule has 1 unspecified atom stereocenters. The van der Waals surface area contributed by atoms with Gasteiger partial charge in [-0.25, -0.2) is 0 Å². The van der Waals surface area contributed by atoms with Gasteiger partial charge in [0.15, 0.2) is 0 Å². The molecule has 0 bridgehead atoms. The standard InChI is InChI=1S/C12H13BrN2O5/c1-7-4-3-5-8(10(7)15(18)19)11(16)14-6-9(13)12(17)20-2/h3-5,9H,6H2,1-2H3,(H,14,16). The molecular weight excluding hydrogens is 332 g/mol. The molecule has 1 rings (SSSR count). The third-order valence-corrected chi connectivity index (χ3v) is 3.26. The zero-order valence-corrected chi connectivity index (χ0v) is 12.5. The molecule has 0 aromatic heterocycles. The van der Waals surface area contributed by atoms with Gasteiger partial charge in [0.05, 0.1) is 12.0 Å². The van der Waals surface area contributed by atoms with Gasteiger partial charge in [-0.1, -0.05) is 28.1 Å². The van der Waals surface area contributed by atoms with Gasteiger partial charge in [0, 0.05) is 12.1 Å². The molecule has 8 heteroatoms. The minimum atomic E-state index is -0.708. The molecule has 0 saturated heterocycles. The van der Waals surface area contributed by atoms with Crippen molar-refractivity contribution in [2.24, 2.45) is 0 Å². The highest BCUT2D eigenvalue weighted by molar-refractivity contribution is 9.10. The lowest BCUT2D eigenvalue weighted by molar-refractivity contribution is -0.385. The fourth-order valence-corrected chi connectivity index (χ4v) is 1.92. The van der Waals surface area contributed by atoms with Gasteiger partial charge < -0.3 is 10.1 Å². The van der Waals surface area contributed by atoms with Gasteiger partial charge in [-0.3, -0.25) is 19.7 Å². The number of nitrogens with one attached hydrogen (secondary N) is 1. The predicted octanol–water partition coefficient (Wildman–Crippen LogP) is 1.57. The lowest BCUT2D eigenvalue weighted by Crippen LogP contribution is -2.34. The van der Waals surface area contributed by atoms with Gasteiger partial charge in [0.2, 0.25) is 0 Å². The normalized spacial score (nSPS) is 11.6. The number of nitrogens with zero attached hydrogens (tertiary/aromatic N) is 1. The van der Waals surface area contributed by atoms with E-state index in [1.807, 2.05) is 0 Å². The topological polar surface area (TPSA) is 98.5 Å². The summed E-state index contributed by atoms with van der Waals surface area (Å²) in [7, 11) is 1.23. The zero-order chi connectivity index (χ0) is 15.3. The van der Waals surface area contributed by atoms with Crippen molar-refractivity contribution in [3.05, 3.63) is 39.4 Å². The molecule has 0 heterocycles. The number of benzene rings is 1. The Morgan fingerprint density at radius 2 is 2.15 bits per heavy atom. The highest BCUT2D eigenvalue weighted by Gasteiger charge is 2.23. The molecule has 0 fully saturated rings. The van der Waals surface area contributed by atoms with Crippen LogP contribution in [0, 0.1) is 17.0 Å². The number of halogens is 1. The van der Waals surface area contributed by atoms with Gasteiger partial charge in [-0.05, 0) is 13.0 Å². The van der Waals surface area contributed by atoms with Crippen molar-refractivity contribution < 1.29 is 19.2 Å². The second-order valence-electron chi connectivity index (χ2n) is 3.93. The minimum absolute atomic E-state index is 0.0311. The largest absolute Gasteiger partial charge is 0.468 e. The monoisotopic (exact) mass is 344 g/mol. The predicted molar refractivity (Wildman–Crippen MR) is 74.9 cm³/mol. The Kier molecular flexibility index (Phi) is 5.63. The number of ether oxygens (including phenoxy) is 1. The van der Waals surface area contributed by atoms with E-state index in [1.54, 1.807) is 19.1 Å². The van der Waals surface area contributed by atoms with Crippen molar-refractivity contribution in [1.29, 1.82) is 0 Å². The summed E-state index contributed by atoms with van der Waals surface area (Å²) in [6.45, 7) is 1.52. The number of nitro benzene ring substituents is 1. The fourth-order valence-electron chi connectivity index (χ4n) is 1.57. The molecule has 1 N–H and O–H groups in total. The molecule has 0 aliphatic rings. The summed E-state index contributed by atoms with van der Waals surface area (Å²) in [6.07, 6.45) is 0. The van der Waals surface area contributed by atoms with Gasteiger partial charge in [-0.15, -0.1) is 0 Å². The molecule has 0 radical (unpaired) electrons. The van der Waals surface area contributed by atoms with Crippen LogP contribution in [0.5, 0.6) is 0 Å². The second-order valence-corrected chi connectivity index (χ2v) is 5.03. The number of carbonyl (C=O) groups is 2. The molecule has 0 aliphatic heterocycles. The van der Waals surface area contributed by atoms with Crippen molar-refractivity contribution in [1.82, 2.24) is 5.32 Å². The highest BCUT2D eigenvalue weighted by atomic mass is 79.9. The number of para-hydroxylation sites is 1. The van der Waals surface area contributed by atoms with Gasteiger partial charge >= 0.3 is 5.97 Å². The highest BCUT2D eigenvalue weighted by Crippen LogP contribution is 2.22. The Hall–Kier alpha value is -1.96. The van der Waals surface area contributed by atoms with Crippen molar-refractivity contribution >= 4 is 33.5 Å². The molecule has 0 saturated carbocycles. The maximum Gasteiger partial charge on any atom is 0.321 e. The number of alkyl halides is 1. The third-order valence-electron chi connectivity index (χ3n) is 2.56. The van der Waals surface area contributed by atoms with Gasteiger partial charge in [0.1, 0.15) is 10.4 Å². The maximum atomic E-state index is 11.9. The lowest BCUT2D eigenvalue weighted by Gasteiger charge is -2.10. The van der Waals surface area contributed by atoms with E-state index in [4.69, 9.17) is 0 Å². The summed E-state index contributed by atoms with van der Waals surface area (Å²) in [5.74, 6) is -1.15. The van der Waals surface area contributed by atoms with Gasteiger partial charge in [-0.2, -0.15) is 0 Å². The first-order valence-corrected chi connectivity index (χ1v) is 6.54. The average Bonchev–Trinajstić information content (AvgIpc) is 2.42. The molecule has 0 spiro atoms. The number of nitro groups is 1. The fraction of sp³-hybridized carbons (Fsp3) is 0.333. The molecule has 20 heavy (non-hydrogen) atoms. The molecule has 1 amide bonds. The first-order chi connectivity index (χ1) is 9.38. The Morgan fingerprint density at radius 3 is 2.70 bits per heavy atom. The van der Waals surface area contributed by atoms with E-state index in [0.717, 1.165) is 0 Å².